The fraction of sp³-hybridized carbons (Fsp3) is 0.562. The fourth-order valence-electron chi connectivity index (χ4n) is 2.45. The van der Waals surface area contributed by atoms with Crippen molar-refractivity contribution in [3.63, 3.8) is 0 Å². The minimum atomic E-state index is 0.158. The SMILES string of the molecule is CCN1CCC(NC(=O)CSc2ccc(C)cc2)CC1. The Balaban J connectivity index is 1.69. The summed E-state index contributed by atoms with van der Waals surface area (Å²) in [5.74, 6) is 0.669. The quantitative estimate of drug-likeness (QED) is 0.847. The van der Waals surface area contributed by atoms with Gasteiger partial charge in [-0.2, -0.15) is 0 Å². The molecule has 0 unspecified atom stereocenters. The smallest absolute Gasteiger partial charge is 0.230 e. The summed E-state index contributed by atoms with van der Waals surface area (Å²) < 4.78 is 0. The average molecular weight is 292 g/mol. The Kier molecular flexibility index (Phi) is 5.92. The van der Waals surface area contributed by atoms with Crippen LogP contribution in [-0.4, -0.2) is 42.2 Å². The number of carbonyl (C=O) groups excluding carboxylic acids is 1. The van der Waals surface area contributed by atoms with E-state index in [1.165, 1.54) is 5.56 Å². The molecule has 2 rings (SSSR count). The molecule has 110 valence electrons. The van der Waals surface area contributed by atoms with Crippen LogP contribution in [0.15, 0.2) is 29.2 Å². The van der Waals surface area contributed by atoms with Crippen LogP contribution in [0.5, 0.6) is 0 Å². The lowest BCUT2D eigenvalue weighted by Crippen LogP contribution is -2.45. The van der Waals surface area contributed by atoms with Crippen molar-refractivity contribution in [2.24, 2.45) is 0 Å². The normalized spacial score (nSPS) is 17.1. The maximum Gasteiger partial charge on any atom is 0.230 e. The first-order valence-electron chi connectivity index (χ1n) is 7.38. The van der Waals surface area contributed by atoms with Gasteiger partial charge in [0, 0.05) is 24.0 Å². The molecule has 1 aliphatic heterocycles. The highest BCUT2D eigenvalue weighted by molar-refractivity contribution is 8.00. The van der Waals surface area contributed by atoms with Crippen LogP contribution in [-0.2, 0) is 4.79 Å². The first-order valence-corrected chi connectivity index (χ1v) is 8.37. The highest BCUT2D eigenvalue weighted by Gasteiger charge is 2.19. The van der Waals surface area contributed by atoms with Crippen molar-refractivity contribution in [1.29, 1.82) is 0 Å². The molecule has 4 heteroatoms. The third-order valence-corrected chi connectivity index (χ3v) is 4.80. The third-order valence-electron chi connectivity index (χ3n) is 3.79. The van der Waals surface area contributed by atoms with E-state index in [1.807, 2.05) is 0 Å². The van der Waals surface area contributed by atoms with Gasteiger partial charge in [0.05, 0.1) is 5.75 Å². The summed E-state index contributed by atoms with van der Waals surface area (Å²) in [6.45, 7) is 7.59. The van der Waals surface area contributed by atoms with Crippen LogP contribution in [0.4, 0.5) is 0 Å². The minimum Gasteiger partial charge on any atom is -0.353 e. The van der Waals surface area contributed by atoms with Crippen LogP contribution < -0.4 is 5.32 Å². The van der Waals surface area contributed by atoms with Crippen molar-refractivity contribution < 1.29 is 4.79 Å². The van der Waals surface area contributed by atoms with Crippen molar-refractivity contribution in [3.8, 4) is 0 Å². The van der Waals surface area contributed by atoms with Crippen molar-refractivity contribution in [3.05, 3.63) is 29.8 Å². The van der Waals surface area contributed by atoms with E-state index in [-0.39, 0.29) is 5.91 Å². The topological polar surface area (TPSA) is 32.3 Å². The molecule has 20 heavy (non-hydrogen) atoms. The molecule has 1 N–H and O–H groups in total. The van der Waals surface area contributed by atoms with Crippen LogP contribution in [0, 0.1) is 6.92 Å². The maximum absolute atomic E-state index is 12.0. The van der Waals surface area contributed by atoms with Crippen molar-refractivity contribution >= 4 is 17.7 Å². The van der Waals surface area contributed by atoms with Gasteiger partial charge in [0.15, 0.2) is 0 Å². The zero-order valence-corrected chi connectivity index (χ0v) is 13.2. The number of hydrogen-bond acceptors (Lipinski definition) is 3. The standard InChI is InChI=1S/C16H24N2OS/c1-3-18-10-8-14(9-11-18)17-16(19)12-20-15-6-4-13(2)5-7-15/h4-7,14H,3,8-12H2,1-2H3,(H,17,19). The molecular weight excluding hydrogens is 268 g/mol. The van der Waals surface area contributed by atoms with Crippen LogP contribution in [0.2, 0.25) is 0 Å². The molecule has 0 aromatic heterocycles. The Morgan fingerprint density at radius 2 is 1.95 bits per heavy atom. The number of nitrogens with zero attached hydrogens (tertiary/aromatic N) is 1. The largest absolute Gasteiger partial charge is 0.353 e. The Hall–Kier alpha value is -1.00. The summed E-state index contributed by atoms with van der Waals surface area (Å²) in [4.78, 5) is 15.6. The number of aryl methyl sites for hydroxylation is 1. The van der Waals surface area contributed by atoms with Gasteiger partial charge in [0.1, 0.15) is 0 Å². The molecule has 0 atom stereocenters. The minimum absolute atomic E-state index is 0.158. The Morgan fingerprint density at radius 1 is 1.30 bits per heavy atom. The van der Waals surface area contributed by atoms with E-state index in [0.29, 0.717) is 11.8 Å². The van der Waals surface area contributed by atoms with Crippen LogP contribution in [0.1, 0.15) is 25.3 Å². The van der Waals surface area contributed by atoms with E-state index in [2.05, 4.69) is 48.3 Å². The van der Waals surface area contributed by atoms with E-state index < -0.39 is 0 Å². The predicted octanol–water partition coefficient (Wildman–Crippen LogP) is 2.69. The lowest BCUT2D eigenvalue weighted by Gasteiger charge is -2.31. The molecular formula is C16H24N2OS. The summed E-state index contributed by atoms with van der Waals surface area (Å²) in [6, 6.07) is 8.69. The summed E-state index contributed by atoms with van der Waals surface area (Å²) in [5, 5.41) is 3.16. The van der Waals surface area contributed by atoms with Crippen LogP contribution in [0.3, 0.4) is 0 Å². The number of nitrogens with one attached hydrogen (secondary N) is 1. The molecule has 3 nitrogen and oxygen atoms in total. The predicted molar refractivity (Wildman–Crippen MR) is 85.2 cm³/mol. The lowest BCUT2D eigenvalue weighted by atomic mass is 10.1. The van der Waals surface area contributed by atoms with E-state index in [0.717, 1.165) is 37.4 Å². The number of thioether (sulfide) groups is 1. The molecule has 1 saturated heterocycles. The molecule has 0 radical (unpaired) electrons. The molecule has 0 spiro atoms. The van der Waals surface area contributed by atoms with Crippen LogP contribution in [0.25, 0.3) is 0 Å². The molecule has 0 bridgehead atoms. The number of piperidine rings is 1. The molecule has 1 heterocycles. The Morgan fingerprint density at radius 3 is 2.55 bits per heavy atom. The molecule has 0 aliphatic carbocycles. The maximum atomic E-state index is 12.0. The number of rotatable bonds is 5. The monoisotopic (exact) mass is 292 g/mol. The van der Waals surface area contributed by atoms with Gasteiger partial charge in [-0.15, -0.1) is 11.8 Å². The van der Waals surface area contributed by atoms with Gasteiger partial charge in [-0.05, 0) is 38.4 Å². The number of carbonyl (C=O) groups is 1. The lowest BCUT2D eigenvalue weighted by molar-refractivity contribution is -0.119. The number of benzene rings is 1. The van der Waals surface area contributed by atoms with Crippen molar-refractivity contribution in [1.82, 2.24) is 10.2 Å². The summed E-state index contributed by atoms with van der Waals surface area (Å²) in [6.07, 6.45) is 2.16. The fourth-order valence-corrected chi connectivity index (χ4v) is 3.16. The molecule has 1 amide bonds. The van der Waals surface area contributed by atoms with Gasteiger partial charge in [0.25, 0.3) is 0 Å². The number of hydrogen-bond donors (Lipinski definition) is 1. The van der Waals surface area contributed by atoms with E-state index in [1.54, 1.807) is 11.8 Å². The van der Waals surface area contributed by atoms with Gasteiger partial charge in [-0.1, -0.05) is 24.6 Å². The van der Waals surface area contributed by atoms with Crippen molar-refractivity contribution in [2.45, 2.75) is 37.6 Å². The molecule has 1 fully saturated rings. The molecule has 1 aromatic carbocycles. The number of amides is 1. The average Bonchev–Trinajstić information content (AvgIpc) is 2.47. The summed E-state index contributed by atoms with van der Waals surface area (Å²) >= 11 is 1.61. The van der Waals surface area contributed by atoms with Crippen molar-refractivity contribution in [2.75, 3.05) is 25.4 Å². The van der Waals surface area contributed by atoms with Gasteiger partial charge in [-0.3, -0.25) is 4.79 Å². The van der Waals surface area contributed by atoms with Gasteiger partial charge >= 0.3 is 0 Å². The van der Waals surface area contributed by atoms with Gasteiger partial charge < -0.3 is 10.2 Å². The highest BCUT2D eigenvalue weighted by Crippen LogP contribution is 2.18. The van der Waals surface area contributed by atoms with E-state index in [9.17, 15) is 4.79 Å². The second-order valence-electron chi connectivity index (χ2n) is 5.38. The Labute approximate surface area is 126 Å². The molecule has 1 aromatic rings. The Bertz CT molecular complexity index is 425. The highest BCUT2D eigenvalue weighted by atomic mass is 32.2. The second kappa shape index (κ2) is 7.70. The summed E-state index contributed by atoms with van der Waals surface area (Å²) in [5.41, 5.74) is 1.25. The van der Waals surface area contributed by atoms with E-state index >= 15 is 0 Å². The molecule has 1 aliphatic rings. The zero-order valence-electron chi connectivity index (χ0n) is 12.4. The molecule has 0 saturated carbocycles. The van der Waals surface area contributed by atoms with Gasteiger partial charge in [-0.25, -0.2) is 0 Å². The first-order chi connectivity index (χ1) is 9.67. The summed E-state index contributed by atoms with van der Waals surface area (Å²) in [7, 11) is 0. The van der Waals surface area contributed by atoms with Gasteiger partial charge in [0.2, 0.25) is 5.91 Å². The second-order valence-corrected chi connectivity index (χ2v) is 6.43. The van der Waals surface area contributed by atoms with E-state index in [4.69, 9.17) is 0 Å². The third kappa shape index (κ3) is 4.84. The number of likely N-dealkylation sites (tertiary alicyclic amines) is 1. The van der Waals surface area contributed by atoms with Crippen LogP contribution >= 0.6 is 11.8 Å². The first kappa shape index (κ1) is 15.4. The zero-order chi connectivity index (χ0) is 14.4.